The lowest BCUT2D eigenvalue weighted by Gasteiger charge is -2.10. The number of hydrogen-bond donors (Lipinski definition) is 2. The van der Waals surface area contributed by atoms with E-state index in [-0.39, 0.29) is 6.42 Å². The molecule has 15 heavy (non-hydrogen) atoms. The molecule has 1 aromatic rings. The van der Waals surface area contributed by atoms with E-state index >= 15 is 0 Å². The molecule has 78 valence electrons. The molecule has 0 radical (unpaired) electrons. The van der Waals surface area contributed by atoms with Crippen LogP contribution in [0, 0.1) is 17.1 Å². The molecular weight excluding hydrogens is 197 g/mol. The van der Waals surface area contributed by atoms with Crippen molar-refractivity contribution in [2.24, 2.45) is 5.73 Å². The van der Waals surface area contributed by atoms with Crippen LogP contribution in [-0.2, 0) is 4.79 Å². The predicted molar refractivity (Wildman–Crippen MR) is 53.2 cm³/mol. The van der Waals surface area contributed by atoms with E-state index in [9.17, 15) is 9.18 Å². The molecule has 5 heteroatoms. The third-order valence-electron chi connectivity index (χ3n) is 1.73. The van der Waals surface area contributed by atoms with Gasteiger partial charge in [0.2, 0.25) is 5.91 Å². The lowest BCUT2D eigenvalue weighted by atomic mass is 10.2. The number of benzene rings is 1. The summed E-state index contributed by atoms with van der Waals surface area (Å²) in [6, 6.07) is 6.78. The Kier molecular flexibility index (Phi) is 3.63. The topological polar surface area (TPSA) is 78.9 Å². The van der Waals surface area contributed by atoms with Gasteiger partial charge in [0.05, 0.1) is 12.5 Å². The van der Waals surface area contributed by atoms with E-state index in [4.69, 9.17) is 11.0 Å². The van der Waals surface area contributed by atoms with Gasteiger partial charge in [-0.25, -0.2) is 4.39 Å². The van der Waals surface area contributed by atoms with Gasteiger partial charge in [-0.3, -0.25) is 4.79 Å². The van der Waals surface area contributed by atoms with Gasteiger partial charge in [0.25, 0.3) is 0 Å². The van der Waals surface area contributed by atoms with Crippen molar-refractivity contribution in [1.82, 2.24) is 0 Å². The maximum absolute atomic E-state index is 12.8. The molecule has 1 rings (SSSR count). The fourth-order valence-corrected chi connectivity index (χ4v) is 1.11. The Bertz CT molecular complexity index is 400. The highest BCUT2D eigenvalue weighted by molar-refractivity contribution is 5.75. The number of nitrogens with zero attached hydrogens (tertiary/aromatic N) is 1. The molecule has 0 aliphatic rings. The second kappa shape index (κ2) is 4.96. The normalized spacial score (nSPS) is 11.5. The molecule has 0 saturated heterocycles. The standard InChI is InChI=1S/C10H10FN3O/c11-7-2-1-3-8(4-7)14-9(6-12)5-10(13)15/h1-4,9,14H,5H2,(H2,13,15). The van der Waals surface area contributed by atoms with Crippen molar-refractivity contribution >= 4 is 11.6 Å². The molecule has 1 unspecified atom stereocenters. The minimum absolute atomic E-state index is 0.104. The molecule has 1 amide bonds. The van der Waals surface area contributed by atoms with Crippen LogP contribution < -0.4 is 11.1 Å². The van der Waals surface area contributed by atoms with Crippen LogP contribution in [0.1, 0.15) is 6.42 Å². The number of anilines is 1. The average Bonchev–Trinajstić information content (AvgIpc) is 2.16. The van der Waals surface area contributed by atoms with Crippen LogP contribution in [0.15, 0.2) is 24.3 Å². The van der Waals surface area contributed by atoms with Crippen molar-refractivity contribution in [3.05, 3.63) is 30.1 Å². The fraction of sp³-hybridized carbons (Fsp3) is 0.200. The fourth-order valence-electron chi connectivity index (χ4n) is 1.11. The van der Waals surface area contributed by atoms with Gasteiger partial charge in [-0.05, 0) is 18.2 Å². The molecule has 0 fully saturated rings. The summed E-state index contributed by atoms with van der Waals surface area (Å²) in [5.74, 6) is -0.985. The number of halogens is 1. The molecule has 0 bridgehead atoms. The summed E-state index contributed by atoms with van der Waals surface area (Å²) in [7, 11) is 0. The van der Waals surface area contributed by atoms with E-state index in [0.717, 1.165) is 0 Å². The van der Waals surface area contributed by atoms with E-state index < -0.39 is 17.8 Å². The number of primary amides is 1. The highest BCUT2D eigenvalue weighted by Gasteiger charge is 2.10. The van der Waals surface area contributed by atoms with Crippen LogP contribution >= 0.6 is 0 Å². The largest absolute Gasteiger partial charge is 0.370 e. The monoisotopic (exact) mass is 207 g/mol. The minimum atomic E-state index is -0.732. The number of rotatable bonds is 4. The van der Waals surface area contributed by atoms with Crippen molar-refractivity contribution < 1.29 is 9.18 Å². The molecule has 1 aromatic carbocycles. The minimum Gasteiger partial charge on any atom is -0.370 e. The molecule has 0 aliphatic carbocycles. The average molecular weight is 207 g/mol. The van der Waals surface area contributed by atoms with Gasteiger partial charge in [-0.15, -0.1) is 0 Å². The van der Waals surface area contributed by atoms with Crippen LogP contribution in [-0.4, -0.2) is 11.9 Å². The Morgan fingerprint density at radius 2 is 2.40 bits per heavy atom. The summed E-state index contributed by atoms with van der Waals surface area (Å²) in [6.45, 7) is 0. The maximum Gasteiger partial charge on any atom is 0.220 e. The van der Waals surface area contributed by atoms with E-state index in [0.29, 0.717) is 5.69 Å². The Balaban J connectivity index is 2.67. The Morgan fingerprint density at radius 1 is 1.67 bits per heavy atom. The molecule has 0 saturated carbocycles. The van der Waals surface area contributed by atoms with Gasteiger partial charge >= 0.3 is 0 Å². The highest BCUT2D eigenvalue weighted by atomic mass is 19.1. The second-order valence-electron chi connectivity index (χ2n) is 3.01. The Morgan fingerprint density at radius 3 is 2.93 bits per heavy atom. The zero-order valence-corrected chi connectivity index (χ0v) is 7.90. The first-order valence-corrected chi connectivity index (χ1v) is 4.32. The molecule has 0 aromatic heterocycles. The highest BCUT2D eigenvalue weighted by Crippen LogP contribution is 2.11. The summed E-state index contributed by atoms with van der Waals surface area (Å²) < 4.78 is 12.8. The molecule has 0 spiro atoms. The summed E-state index contributed by atoms with van der Waals surface area (Å²) in [5.41, 5.74) is 5.40. The quantitative estimate of drug-likeness (QED) is 0.773. The van der Waals surface area contributed by atoms with Crippen LogP contribution in [0.2, 0.25) is 0 Å². The Hall–Kier alpha value is -2.09. The smallest absolute Gasteiger partial charge is 0.220 e. The lowest BCUT2D eigenvalue weighted by Crippen LogP contribution is -2.25. The first-order chi connectivity index (χ1) is 7.11. The lowest BCUT2D eigenvalue weighted by molar-refractivity contribution is -0.118. The molecule has 1 atom stereocenters. The van der Waals surface area contributed by atoms with Crippen molar-refractivity contribution in [3.8, 4) is 6.07 Å². The molecule has 4 nitrogen and oxygen atoms in total. The molecule has 0 aliphatic heterocycles. The summed E-state index contributed by atoms with van der Waals surface area (Å²) >= 11 is 0. The molecule has 3 N–H and O–H groups in total. The van der Waals surface area contributed by atoms with E-state index in [1.165, 1.54) is 18.2 Å². The number of amides is 1. The van der Waals surface area contributed by atoms with Gasteiger partial charge < -0.3 is 11.1 Å². The van der Waals surface area contributed by atoms with Crippen LogP contribution in [0.5, 0.6) is 0 Å². The first kappa shape index (κ1) is 11.0. The molecular formula is C10H10FN3O. The third-order valence-corrected chi connectivity index (χ3v) is 1.73. The summed E-state index contributed by atoms with van der Waals surface area (Å²) in [6.07, 6.45) is -0.104. The summed E-state index contributed by atoms with van der Waals surface area (Å²) in [5, 5.41) is 11.4. The van der Waals surface area contributed by atoms with Crippen molar-refractivity contribution in [3.63, 3.8) is 0 Å². The second-order valence-corrected chi connectivity index (χ2v) is 3.01. The van der Waals surface area contributed by atoms with Gasteiger partial charge in [0.1, 0.15) is 11.9 Å². The van der Waals surface area contributed by atoms with E-state index in [2.05, 4.69) is 5.32 Å². The Labute approximate surface area is 86.5 Å². The number of nitriles is 1. The van der Waals surface area contributed by atoms with Gasteiger partial charge in [0, 0.05) is 5.69 Å². The third kappa shape index (κ3) is 3.65. The van der Waals surface area contributed by atoms with Crippen LogP contribution in [0.3, 0.4) is 0 Å². The number of hydrogen-bond acceptors (Lipinski definition) is 3. The number of nitrogens with one attached hydrogen (secondary N) is 1. The molecule has 0 heterocycles. The first-order valence-electron chi connectivity index (χ1n) is 4.32. The summed E-state index contributed by atoms with van der Waals surface area (Å²) in [4.78, 5) is 10.6. The van der Waals surface area contributed by atoms with Crippen molar-refractivity contribution in [1.29, 1.82) is 5.26 Å². The number of carbonyl (C=O) groups excluding carboxylic acids is 1. The van der Waals surface area contributed by atoms with Crippen LogP contribution in [0.4, 0.5) is 10.1 Å². The number of nitrogens with two attached hydrogens (primary N) is 1. The van der Waals surface area contributed by atoms with Crippen molar-refractivity contribution in [2.45, 2.75) is 12.5 Å². The van der Waals surface area contributed by atoms with Gasteiger partial charge in [0.15, 0.2) is 0 Å². The maximum atomic E-state index is 12.8. The SMILES string of the molecule is N#CC(CC(N)=O)Nc1cccc(F)c1. The van der Waals surface area contributed by atoms with E-state index in [1.54, 1.807) is 6.07 Å². The zero-order chi connectivity index (χ0) is 11.3. The van der Waals surface area contributed by atoms with Gasteiger partial charge in [-0.2, -0.15) is 5.26 Å². The van der Waals surface area contributed by atoms with Crippen LogP contribution in [0.25, 0.3) is 0 Å². The van der Waals surface area contributed by atoms with Gasteiger partial charge in [-0.1, -0.05) is 6.07 Å². The predicted octanol–water partition coefficient (Wildman–Crippen LogP) is 1.01. The zero-order valence-electron chi connectivity index (χ0n) is 7.90. The van der Waals surface area contributed by atoms with Crippen molar-refractivity contribution in [2.75, 3.05) is 5.32 Å². The van der Waals surface area contributed by atoms with E-state index in [1.807, 2.05) is 6.07 Å². The number of carbonyl (C=O) groups is 1.